The standard InChI is InChI=1S/C19H19NO8/c1-24-16-13(10-15-17(18(16)25-2)28-11-27-15)4-3-9-26-19(21)12-5-7-14(8-6-12)20(22)23/h5-8,10H,3-4,9,11H2,1-2H3. The Balaban J connectivity index is 1.59. The van der Waals surface area contributed by atoms with Crippen LogP contribution in [0.5, 0.6) is 23.0 Å². The highest BCUT2D eigenvalue weighted by atomic mass is 16.7. The lowest BCUT2D eigenvalue weighted by atomic mass is 10.1. The van der Waals surface area contributed by atoms with Crippen molar-refractivity contribution in [3.05, 3.63) is 51.6 Å². The Hall–Kier alpha value is -3.49. The molecule has 0 bridgehead atoms. The number of nitrogens with zero attached hydrogens (tertiary/aromatic N) is 1. The van der Waals surface area contributed by atoms with Crippen LogP contribution >= 0.6 is 0 Å². The second-order valence-electron chi connectivity index (χ2n) is 5.88. The van der Waals surface area contributed by atoms with Crippen molar-refractivity contribution in [1.29, 1.82) is 0 Å². The molecule has 0 radical (unpaired) electrons. The van der Waals surface area contributed by atoms with E-state index >= 15 is 0 Å². The number of nitro benzene ring substituents is 1. The van der Waals surface area contributed by atoms with Crippen molar-refractivity contribution in [2.45, 2.75) is 12.8 Å². The van der Waals surface area contributed by atoms with Gasteiger partial charge in [-0.05, 0) is 31.0 Å². The number of nitro groups is 1. The zero-order valence-corrected chi connectivity index (χ0v) is 15.4. The molecule has 1 heterocycles. The molecule has 0 saturated heterocycles. The van der Waals surface area contributed by atoms with Crippen LogP contribution in [0.2, 0.25) is 0 Å². The topological polar surface area (TPSA) is 106 Å². The zero-order chi connectivity index (χ0) is 20.1. The largest absolute Gasteiger partial charge is 0.492 e. The fourth-order valence-corrected chi connectivity index (χ4v) is 2.87. The lowest BCUT2D eigenvalue weighted by Gasteiger charge is -2.15. The smallest absolute Gasteiger partial charge is 0.338 e. The summed E-state index contributed by atoms with van der Waals surface area (Å²) in [6, 6.07) is 7.08. The van der Waals surface area contributed by atoms with E-state index in [-0.39, 0.29) is 24.7 Å². The number of aryl methyl sites for hydroxylation is 1. The number of hydrogen-bond acceptors (Lipinski definition) is 8. The Kier molecular flexibility index (Phi) is 5.83. The summed E-state index contributed by atoms with van der Waals surface area (Å²) in [5, 5.41) is 10.6. The SMILES string of the molecule is COc1c(CCCOC(=O)c2ccc([N+](=O)[O-])cc2)cc2c(c1OC)OCO2. The summed E-state index contributed by atoms with van der Waals surface area (Å²) in [6.45, 7) is 0.293. The van der Waals surface area contributed by atoms with Crippen LogP contribution in [0.4, 0.5) is 5.69 Å². The van der Waals surface area contributed by atoms with Crippen LogP contribution in [-0.2, 0) is 11.2 Å². The summed E-state index contributed by atoms with van der Waals surface area (Å²) in [4.78, 5) is 22.2. The minimum Gasteiger partial charge on any atom is -0.492 e. The highest BCUT2D eigenvalue weighted by Crippen LogP contribution is 2.49. The van der Waals surface area contributed by atoms with Crippen LogP contribution in [-0.4, -0.2) is 38.5 Å². The number of ether oxygens (including phenoxy) is 5. The maximum Gasteiger partial charge on any atom is 0.338 e. The molecule has 148 valence electrons. The molecule has 0 N–H and O–H groups in total. The molecule has 0 amide bonds. The molecule has 28 heavy (non-hydrogen) atoms. The number of rotatable bonds is 8. The number of carbonyl (C=O) groups excluding carboxylic acids is 1. The molecule has 0 fully saturated rings. The van der Waals surface area contributed by atoms with Crippen molar-refractivity contribution >= 4 is 11.7 Å². The van der Waals surface area contributed by atoms with Crippen molar-refractivity contribution in [2.24, 2.45) is 0 Å². The third-order valence-corrected chi connectivity index (χ3v) is 4.20. The number of benzene rings is 2. The van der Waals surface area contributed by atoms with Crippen molar-refractivity contribution in [2.75, 3.05) is 27.6 Å². The van der Waals surface area contributed by atoms with E-state index in [4.69, 9.17) is 23.7 Å². The number of non-ortho nitro benzene ring substituents is 1. The van der Waals surface area contributed by atoms with Crippen LogP contribution in [0.3, 0.4) is 0 Å². The second kappa shape index (κ2) is 8.47. The monoisotopic (exact) mass is 389 g/mol. The van der Waals surface area contributed by atoms with E-state index in [0.717, 1.165) is 5.56 Å². The molecule has 2 aromatic rings. The predicted octanol–water partition coefficient (Wildman–Crippen LogP) is 3.13. The van der Waals surface area contributed by atoms with Crippen molar-refractivity contribution in [3.63, 3.8) is 0 Å². The first-order valence-electron chi connectivity index (χ1n) is 8.50. The van der Waals surface area contributed by atoms with Gasteiger partial charge in [-0.3, -0.25) is 10.1 Å². The van der Waals surface area contributed by atoms with Gasteiger partial charge in [0.05, 0.1) is 31.3 Å². The molecule has 2 aromatic carbocycles. The summed E-state index contributed by atoms with van der Waals surface area (Å²) in [6.07, 6.45) is 1.10. The van der Waals surface area contributed by atoms with Gasteiger partial charge in [0.1, 0.15) is 0 Å². The fourth-order valence-electron chi connectivity index (χ4n) is 2.87. The highest BCUT2D eigenvalue weighted by molar-refractivity contribution is 5.89. The van der Waals surface area contributed by atoms with Crippen molar-refractivity contribution in [3.8, 4) is 23.0 Å². The summed E-state index contributed by atoms with van der Waals surface area (Å²) < 4.78 is 26.9. The van der Waals surface area contributed by atoms with E-state index in [0.29, 0.717) is 35.8 Å². The number of methoxy groups -OCH3 is 2. The van der Waals surface area contributed by atoms with Gasteiger partial charge in [-0.25, -0.2) is 4.79 Å². The molecule has 9 nitrogen and oxygen atoms in total. The Morgan fingerprint density at radius 1 is 1.14 bits per heavy atom. The molecule has 1 aliphatic heterocycles. The number of carbonyl (C=O) groups is 1. The Morgan fingerprint density at radius 3 is 2.50 bits per heavy atom. The fraction of sp³-hybridized carbons (Fsp3) is 0.316. The summed E-state index contributed by atoms with van der Waals surface area (Å²) >= 11 is 0. The first-order chi connectivity index (χ1) is 13.5. The molecule has 0 unspecified atom stereocenters. The van der Waals surface area contributed by atoms with Gasteiger partial charge in [0.2, 0.25) is 18.3 Å². The molecule has 0 aromatic heterocycles. The van der Waals surface area contributed by atoms with Gasteiger partial charge >= 0.3 is 5.97 Å². The second-order valence-corrected chi connectivity index (χ2v) is 5.88. The summed E-state index contributed by atoms with van der Waals surface area (Å²) in [5.74, 6) is 1.57. The first-order valence-corrected chi connectivity index (χ1v) is 8.50. The lowest BCUT2D eigenvalue weighted by Crippen LogP contribution is -2.07. The van der Waals surface area contributed by atoms with E-state index in [9.17, 15) is 14.9 Å². The van der Waals surface area contributed by atoms with Crippen LogP contribution in [0.1, 0.15) is 22.3 Å². The van der Waals surface area contributed by atoms with Gasteiger partial charge in [-0.1, -0.05) is 0 Å². The minimum atomic E-state index is -0.537. The maximum atomic E-state index is 12.0. The van der Waals surface area contributed by atoms with Crippen LogP contribution in [0, 0.1) is 10.1 Å². The van der Waals surface area contributed by atoms with Gasteiger partial charge in [0.25, 0.3) is 5.69 Å². The quantitative estimate of drug-likeness (QED) is 0.293. The van der Waals surface area contributed by atoms with E-state index in [2.05, 4.69) is 0 Å². The van der Waals surface area contributed by atoms with E-state index < -0.39 is 10.9 Å². The van der Waals surface area contributed by atoms with Crippen LogP contribution in [0.25, 0.3) is 0 Å². The Bertz CT molecular complexity index is 878. The minimum absolute atomic E-state index is 0.0830. The molecule has 0 atom stereocenters. The Labute approximate surface area is 160 Å². The van der Waals surface area contributed by atoms with E-state index in [1.165, 1.54) is 38.5 Å². The molecule has 3 rings (SSSR count). The predicted molar refractivity (Wildman–Crippen MR) is 97.4 cm³/mol. The number of hydrogen-bond donors (Lipinski definition) is 0. The van der Waals surface area contributed by atoms with E-state index in [1.54, 1.807) is 0 Å². The van der Waals surface area contributed by atoms with Crippen LogP contribution < -0.4 is 18.9 Å². The van der Waals surface area contributed by atoms with Crippen molar-refractivity contribution < 1.29 is 33.4 Å². The summed E-state index contributed by atoms with van der Waals surface area (Å²) in [5.41, 5.74) is 1.02. The normalized spacial score (nSPS) is 11.8. The highest BCUT2D eigenvalue weighted by Gasteiger charge is 2.25. The van der Waals surface area contributed by atoms with Gasteiger partial charge in [0.15, 0.2) is 11.5 Å². The van der Waals surface area contributed by atoms with Gasteiger partial charge in [-0.15, -0.1) is 0 Å². The maximum absolute atomic E-state index is 12.0. The molecular weight excluding hydrogens is 370 g/mol. The van der Waals surface area contributed by atoms with Gasteiger partial charge in [0, 0.05) is 17.7 Å². The molecule has 0 aliphatic carbocycles. The molecule has 9 heteroatoms. The summed E-state index contributed by atoms with van der Waals surface area (Å²) in [7, 11) is 3.06. The molecule has 1 aliphatic rings. The third-order valence-electron chi connectivity index (χ3n) is 4.20. The van der Waals surface area contributed by atoms with Crippen molar-refractivity contribution in [1.82, 2.24) is 0 Å². The first kappa shape index (κ1) is 19.3. The average molecular weight is 389 g/mol. The number of esters is 1. The molecular formula is C19H19NO8. The third kappa shape index (κ3) is 3.93. The van der Waals surface area contributed by atoms with Gasteiger partial charge in [-0.2, -0.15) is 0 Å². The average Bonchev–Trinajstić information content (AvgIpc) is 3.18. The number of fused-ring (bicyclic) bond motifs is 1. The zero-order valence-electron chi connectivity index (χ0n) is 15.4. The Morgan fingerprint density at radius 2 is 1.86 bits per heavy atom. The van der Waals surface area contributed by atoms with E-state index in [1.807, 2.05) is 6.07 Å². The van der Waals surface area contributed by atoms with Gasteiger partial charge < -0.3 is 23.7 Å². The van der Waals surface area contributed by atoms with Crippen LogP contribution in [0.15, 0.2) is 30.3 Å². The molecule has 0 saturated carbocycles. The molecule has 0 spiro atoms. The lowest BCUT2D eigenvalue weighted by molar-refractivity contribution is -0.384.